The predicted molar refractivity (Wildman–Crippen MR) is 114 cm³/mol. The fourth-order valence-electron chi connectivity index (χ4n) is 4.82. The summed E-state index contributed by atoms with van der Waals surface area (Å²) in [6.45, 7) is 8.88. The molecule has 2 heterocycles. The van der Waals surface area contributed by atoms with Gasteiger partial charge in [-0.2, -0.15) is 0 Å². The molecule has 3 rings (SSSR count). The topological polar surface area (TPSA) is 32.8 Å². The number of nitrogens with zero attached hydrogens (tertiary/aromatic N) is 2. The third-order valence-electron chi connectivity index (χ3n) is 6.43. The zero-order valence-corrected chi connectivity index (χ0v) is 17.8. The Kier molecular flexibility index (Phi) is 8.20. The maximum atomic E-state index is 12.8. The number of likely N-dealkylation sites (tertiary alicyclic amines) is 1. The van der Waals surface area contributed by atoms with Crippen LogP contribution < -0.4 is 0 Å². The Morgan fingerprint density at radius 3 is 2.50 bits per heavy atom. The molecule has 0 aromatic heterocycles. The average molecular weight is 387 g/mol. The molecule has 1 aromatic carbocycles. The van der Waals surface area contributed by atoms with Gasteiger partial charge in [-0.05, 0) is 56.8 Å². The SMILES string of the molecule is CCCCCC(C)C1C(c2ccccc2)OC(=O)N1CCCN1CCCCC1. The van der Waals surface area contributed by atoms with Crippen molar-refractivity contribution >= 4 is 6.09 Å². The van der Waals surface area contributed by atoms with Crippen molar-refractivity contribution in [1.82, 2.24) is 9.80 Å². The van der Waals surface area contributed by atoms with Crippen LogP contribution >= 0.6 is 0 Å². The number of benzene rings is 1. The van der Waals surface area contributed by atoms with Crippen LogP contribution in [0.1, 0.15) is 76.9 Å². The fraction of sp³-hybridized carbons (Fsp3) is 0.708. The van der Waals surface area contributed by atoms with Crippen molar-refractivity contribution < 1.29 is 9.53 Å². The summed E-state index contributed by atoms with van der Waals surface area (Å²) in [5.41, 5.74) is 1.13. The van der Waals surface area contributed by atoms with Crippen molar-refractivity contribution in [2.75, 3.05) is 26.2 Å². The number of piperidine rings is 1. The van der Waals surface area contributed by atoms with Gasteiger partial charge in [-0.1, -0.05) is 69.9 Å². The summed E-state index contributed by atoms with van der Waals surface area (Å²) in [6, 6.07) is 10.5. The summed E-state index contributed by atoms with van der Waals surface area (Å²) >= 11 is 0. The molecule has 4 heteroatoms. The van der Waals surface area contributed by atoms with Gasteiger partial charge >= 0.3 is 6.09 Å². The van der Waals surface area contributed by atoms with Gasteiger partial charge in [0.25, 0.3) is 0 Å². The lowest BCUT2D eigenvalue weighted by Crippen LogP contribution is -2.41. The molecule has 0 N–H and O–H groups in total. The first-order valence-electron chi connectivity index (χ1n) is 11.4. The second kappa shape index (κ2) is 10.8. The number of cyclic esters (lactones) is 1. The summed E-state index contributed by atoms with van der Waals surface area (Å²) in [4.78, 5) is 17.4. The van der Waals surface area contributed by atoms with Gasteiger partial charge in [0.2, 0.25) is 0 Å². The average Bonchev–Trinajstić information content (AvgIpc) is 3.06. The molecule has 3 atom stereocenters. The van der Waals surface area contributed by atoms with E-state index >= 15 is 0 Å². The summed E-state index contributed by atoms with van der Waals surface area (Å²) in [7, 11) is 0. The molecular weight excluding hydrogens is 348 g/mol. The largest absolute Gasteiger partial charge is 0.439 e. The first kappa shape index (κ1) is 21.2. The highest BCUT2D eigenvalue weighted by Gasteiger charge is 2.44. The maximum Gasteiger partial charge on any atom is 0.410 e. The molecule has 2 fully saturated rings. The molecule has 0 spiro atoms. The second-order valence-corrected chi connectivity index (χ2v) is 8.63. The molecule has 4 nitrogen and oxygen atoms in total. The van der Waals surface area contributed by atoms with Crippen molar-refractivity contribution in [3.8, 4) is 0 Å². The van der Waals surface area contributed by atoms with E-state index in [1.54, 1.807) is 0 Å². The zero-order valence-electron chi connectivity index (χ0n) is 17.8. The van der Waals surface area contributed by atoms with E-state index in [1.165, 1.54) is 51.6 Å². The molecule has 28 heavy (non-hydrogen) atoms. The number of carbonyl (C=O) groups excluding carboxylic acids is 1. The van der Waals surface area contributed by atoms with E-state index in [-0.39, 0.29) is 18.2 Å². The highest BCUT2D eigenvalue weighted by molar-refractivity contribution is 5.71. The minimum atomic E-state index is -0.139. The van der Waals surface area contributed by atoms with Crippen molar-refractivity contribution in [3.63, 3.8) is 0 Å². The minimum Gasteiger partial charge on any atom is -0.439 e. The highest BCUT2D eigenvalue weighted by atomic mass is 16.6. The highest BCUT2D eigenvalue weighted by Crippen LogP contribution is 2.38. The van der Waals surface area contributed by atoms with Gasteiger partial charge in [0, 0.05) is 6.54 Å². The Labute approximate surface area is 171 Å². The van der Waals surface area contributed by atoms with Crippen LogP contribution in [0.5, 0.6) is 0 Å². The molecule has 156 valence electrons. The first-order valence-corrected chi connectivity index (χ1v) is 11.4. The number of carbonyl (C=O) groups is 1. The van der Waals surface area contributed by atoms with E-state index in [9.17, 15) is 4.79 Å². The van der Waals surface area contributed by atoms with E-state index in [0.29, 0.717) is 5.92 Å². The van der Waals surface area contributed by atoms with Gasteiger partial charge in [-0.3, -0.25) is 0 Å². The molecule has 0 saturated carbocycles. The van der Waals surface area contributed by atoms with Crippen LogP contribution in [0, 0.1) is 5.92 Å². The van der Waals surface area contributed by atoms with Crippen molar-refractivity contribution in [3.05, 3.63) is 35.9 Å². The van der Waals surface area contributed by atoms with E-state index in [4.69, 9.17) is 4.74 Å². The van der Waals surface area contributed by atoms with Crippen molar-refractivity contribution in [1.29, 1.82) is 0 Å². The standard InChI is InChI=1S/C24H38N2O2/c1-3-4-7-13-20(2)22-23(21-14-8-5-9-15-21)28-24(27)26(22)19-12-18-25-16-10-6-11-17-25/h5,8-9,14-15,20,22-23H,3-4,6-7,10-13,16-19H2,1-2H3. The Morgan fingerprint density at radius 1 is 1.04 bits per heavy atom. The van der Waals surface area contributed by atoms with Crippen molar-refractivity contribution in [2.24, 2.45) is 5.92 Å². The molecule has 0 bridgehead atoms. The van der Waals surface area contributed by atoms with E-state index in [1.807, 2.05) is 23.1 Å². The van der Waals surface area contributed by atoms with Crippen LogP contribution in [0.15, 0.2) is 30.3 Å². The Bertz CT molecular complexity index is 586. The molecule has 2 aliphatic rings. The van der Waals surface area contributed by atoms with Crippen LogP contribution in [0.25, 0.3) is 0 Å². The molecule has 3 unspecified atom stereocenters. The molecule has 2 saturated heterocycles. The summed E-state index contributed by atoms with van der Waals surface area (Å²) in [5, 5.41) is 0. The van der Waals surface area contributed by atoms with Crippen LogP contribution in [-0.2, 0) is 4.74 Å². The Hall–Kier alpha value is -1.55. The number of unbranched alkanes of at least 4 members (excludes halogenated alkanes) is 2. The Balaban J connectivity index is 1.65. The molecule has 0 radical (unpaired) electrons. The summed E-state index contributed by atoms with van der Waals surface area (Å²) < 4.78 is 5.92. The van der Waals surface area contributed by atoms with Gasteiger partial charge in [0.1, 0.15) is 6.10 Å². The van der Waals surface area contributed by atoms with Gasteiger partial charge in [-0.25, -0.2) is 4.79 Å². The van der Waals surface area contributed by atoms with Crippen molar-refractivity contribution in [2.45, 2.75) is 77.4 Å². The minimum absolute atomic E-state index is 0.125. The quantitative estimate of drug-likeness (QED) is 0.488. The Morgan fingerprint density at radius 2 is 1.79 bits per heavy atom. The zero-order chi connectivity index (χ0) is 19.8. The van der Waals surface area contributed by atoms with Crippen LogP contribution in [-0.4, -0.2) is 48.1 Å². The normalized spacial score (nSPS) is 24.4. The molecule has 2 aliphatic heterocycles. The predicted octanol–water partition coefficient (Wildman–Crippen LogP) is 5.64. The third-order valence-corrected chi connectivity index (χ3v) is 6.43. The lowest BCUT2D eigenvalue weighted by molar-refractivity contribution is 0.123. The van der Waals surface area contributed by atoms with Gasteiger partial charge in [0.05, 0.1) is 6.04 Å². The van der Waals surface area contributed by atoms with E-state index < -0.39 is 0 Å². The van der Waals surface area contributed by atoms with Crippen LogP contribution in [0.4, 0.5) is 4.79 Å². The number of hydrogen-bond acceptors (Lipinski definition) is 3. The lowest BCUT2D eigenvalue weighted by Gasteiger charge is -2.31. The molecular formula is C24H38N2O2. The van der Waals surface area contributed by atoms with E-state index in [2.05, 4.69) is 30.9 Å². The van der Waals surface area contributed by atoms with Gasteiger partial charge < -0.3 is 14.5 Å². The number of rotatable bonds is 10. The second-order valence-electron chi connectivity index (χ2n) is 8.63. The molecule has 1 aromatic rings. The van der Waals surface area contributed by atoms with E-state index in [0.717, 1.165) is 31.5 Å². The van der Waals surface area contributed by atoms with Crippen LogP contribution in [0.2, 0.25) is 0 Å². The molecule has 1 amide bonds. The number of hydrogen-bond donors (Lipinski definition) is 0. The summed E-state index contributed by atoms with van der Waals surface area (Å²) in [5.74, 6) is 0.443. The smallest absolute Gasteiger partial charge is 0.410 e. The lowest BCUT2D eigenvalue weighted by atomic mass is 9.88. The first-order chi connectivity index (χ1) is 13.7. The third kappa shape index (κ3) is 5.50. The maximum absolute atomic E-state index is 12.8. The number of ether oxygens (including phenoxy) is 1. The van der Waals surface area contributed by atoms with Crippen LogP contribution in [0.3, 0.4) is 0 Å². The fourth-order valence-corrected chi connectivity index (χ4v) is 4.82. The number of amides is 1. The van der Waals surface area contributed by atoms with Gasteiger partial charge in [-0.15, -0.1) is 0 Å². The van der Waals surface area contributed by atoms with Gasteiger partial charge in [0.15, 0.2) is 0 Å². The monoisotopic (exact) mass is 386 g/mol. The molecule has 0 aliphatic carbocycles. The summed E-state index contributed by atoms with van der Waals surface area (Å²) in [6.07, 6.45) is 9.65.